The van der Waals surface area contributed by atoms with E-state index in [1.807, 2.05) is 0 Å². The van der Waals surface area contributed by atoms with E-state index in [2.05, 4.69) is 9.97 Å². The Hall–Kier alpha value is -1.95. The summed E-state index contributed by atoms with van der Waals surface area (Å²) in [6, 6.07) is 6.04. The minimum Gasteiger partial charge on any atom is -0.382 e. The van der Waals surface area contributed by atoms with E-state index in [4.69, 9.17) is 0 Å². The van der Waals surface area contributed by atoms with E-state index >= 15 is 0 Å². The summed E-state index contributed by atoms with van der Waals surface area (Å²) < 4.78 is 37.8. The fourth-order valence-corrected chi connectivity index (χ4v) is 1.68. The second kappa shape index (κ2) is 4.97. The average molecular weight is 268 g/mol. The predicted octanol–water partition coefficient (Wildman–Crippen LogP) is 2.89. The largest absolute Gasteiger partial charge is 0.416 e. The highest BCUT2D eigenvalue weighted by atomic mass is 19.4. The first-order chi connectivity index (χ1) is 8.88. The Morgan fingerprint density at radius 2 is 1.95 bits per heavy atom. The predicted molar refractivity (Wildman–Crippen MR) is 62.3 cm³/mol. The molecule has 0 amide bonds. The van der Waals surface area contributed by atoms with Crippen molar-refractivity contribution >= 4 is 0 Å². The molecule has 3 nitrogen and oxygen atoms in total. The Morgan fingerprint density at radius 3 is 2.58 bits per heavy atom. The van der Waals surface area contributed by atoms with Crippen molar-refractivity contribution in [2.24, 2.45) is 0 Å². The summed E-state index contributed by atoms with van der Waals surface area (Å²) in [6.07, 6.45) is -4.18. The highest BCUT2D eigenvalue weighted by Gasteiger charge is 2.31. The molecule has 0 aliphatic heterocycles. The monoisotopic (exact) mass is 268 g/mol. The summed E-state index contributed by atoms with van der Waals surface area (Å²) in [5.74, 6) is 0.448. The summed E-state index contributed by atoms with van der Waals surface area (Å²) in [5.41, 5.74) is -0.380. The second-order valence-electron chi connectivity index (χ2n) is 4.05. The van der Waals surface area contributed by atoms with E-state index in [9.17, 15) is 18.3 Å². The van der Waals surface area contributed by atoms with Crippen molar-refractivity contribution in [3.05, 3.63) is 59.2 Å². The van der Waals surface area contributed by atoms with E-state index < -0.39 is 17.8 Å². The number of aliphatic hydroxyl groups excluding tert-OH is 1. The number of halogens is 3. The van der Waals surface area contributed by atoms with Gasteiger partial charge in [0.2, 0.25) is 0 Å². The van der Waals surface area contributed by atoms with E-state index in [1.165, 1.54) is 24.4 Å². The molecule has 0 aliphatic rings. The van der Waals surface area contributed by atoms with Crippen LogP contribution < -0.4 is 0 Å². The summed E-state index contributed by atoms with van der Waals surface area (Å²) in [5, 5.41) is 10.0. The van der Waals surface area contributed by atoms with Crippen LogP contribution >= 0.6 is 0 Å². The van der Waals surface area contributed by atoms with Crippen molar-refractivity contribution in [2.45, 2.75) is 19.2 Å². The molecule has 1 N–H and O–H groups in total. The molecule has 2 aromatic rings. The molecule has 100 valence electrons. The van der Waals surface area contributed by atoms with Crippen molar-refractivity contribution in [1.29, 1.82) is 0 Å². The van der Waals surface area contributed by atoms with E-state index in [-0.39, 0.29) is 11.3 Å². The number of alkyl halides is 3. The molecule has 1 aromatic heterocycles. The number of aliphatic hydroxyl groups is 1. The molecule has 1 aromatic carbocycles. The number of benzene rings is 1. The molecule has 19 heavy (non-hydrogen) atoms. The third kappa shape index (κ3) is 3.08. The van der Waals surface area contributed by atoms with Gasteiger partial charge in [0.1, 0.15) is 11.9 Å². The lowest BCUT2D eigenvalue weighted by Crippen LogP contribution is -2.08. The van der Waals surface area contributed by atoms with Gasteiger partial charge in [-0.1, -0.05) is 12.1 Å². The number of hydrogen-bond acceptors (Lipinski definition) is 3. The summed E-state index contributed by atoms with van der Waals surface area (Å²) >= 11 is 0. The average Bonchev–Trinajstić information content (AvgIpc) is 2.37. The topological polar surface area (TPSA) is 46.0 Å². The molecule has 0 radical (unpaired) electrons. The summed E-state index contributed by atoms with van der Waals surface area (Å²) in [6.45, 7) is 1.64. The molecule has 0 saturated carbocycles. The van der Waals surface area contributed by atoms with Crippen LogP contribution in [0, 0.1) is 6.92 Å². The zero-order valence-corrected chi connectivity index (χ0v) is 10.0. The third-order valence-electron chi connectivity index (χ3n) is 2.61. The second-order valence-corrected chi connectivity index (χ2v) is 4.05. The van der Waals surface area contributed by atoms with Crippen LogP contribution in [0.15, 0.2) is 36.5 Å². The molecule has 0 aliphatic carbocycles. The number of aromatic nitrogens is 2. The molecule has 0 fully saturated rings. The van der Waals surface area contributed by atoms with E-state index in [0.29, 0.717) is 5.82 Å². The first-order valence-corrected chi connectivity index (χ1v) is 5.52. The zero-order valence-electron chi connectivity index (χ0n) is 10.0. The molecule has 1 atom stereocenters. The first-order valence-electron chi connectivity index (χ1n) is 5.52. The quantitative estimate of drug-likeness (QED) is 0.911. The Kier molecular flexibility index (Phi) is 3.53. The smallest absolute Gasteiger partial charge is 0.382 e. The summed E-state index contributed by atoms with van der Waals surface area (Å²) in [4.78, 5) is 7.87. The molecular weight excluding hydrogens is 257 g/mol. The van der Waals surface area contributed by atoms with Crippen molar-refractivity contribution in [3.8, 4) is 0 Å². The fourth-order valence-electron chi connectivity index (χ4n) is 1.68. The van der Waals surface area contributed by atoms with Crippen molar-refractivity contribution in [2.75, 3.05) is 0 Å². The maximum absolute atomic E-state index is 12.6. The minimum atomic E-state index is -4.43. The molecule has 0 saturated heterocycles. The van der Waals surface area contributed by atoms with Gasteiger partial charge in [0, 0.05) is 6.20 Å². The van der Waals surface area contributed by atoms with Crippen LogP contribution in [0.1, 0.15) is 28.7 Å². The molecule has 1 heterocycles. The van der Waals surface area contributed by atoms with Crippen LogP contribution in [0.3, 0.4) is 0 Å². The number of rotatable bonds is 2. The van der Waals surface area contributed by atoms with Gasteiger partial charge in [-0.05, 0) is 30.7 Å². The third-order valence-corrected chi connectivity index (χ3v) is 2.61. The maximum atomic E-state index is 12.6. The molecule has 2 rings (SSSR count). The lowest BCUT2D eigenvalue weighted by Gasteiger charge is -2.13. The van der Waals surface area contributed by atoms with Crippen LogP contribution in [-0.2, 0) is 6.18 Å². The van der Waals surface area contributed by atoms with Gasteiger partial charge >= 0.3 is 6.18 Å². The molecule has 6 heteroatoms. The van der Waals surface area contributed by atoms with Crippen molar-refractivity contribution in [1.82, 2.24) is 9.97 Å². The molecular formula is C13H11F3N2O. The van der Waals surface area contributed by atoms with Gasteiger partial charge in [0.05, 0.1) is 11.3 Å². The van der Waals surface area contributed by atoms with Gasteiger partial charge in [-0.25, -0.2) is 9.97 Å². The maximum Gasteiger partial charge on any atom is 0.416 e. The molecule has 0 bridgehead atoms. The highest BCUT2D eigenvalue weighted by Crippen LogP contribution is 2.31. The highest BCUT2D eigenvalue weighted by molar-refractivity contribution is 5.31. The standard InChI is InChI=1S/C13H11F3N2O/c1-8-17-6-5-11(18-8)12(19)9-3-2-4-10(7-9)13(14,15)16/h2-7,12,19H,1H3. The van der Waals surface area contributed by atoms with Crippen molar-refractivity contribution < 1.29 is 18.3 Å². The number of hydrogen-bond donors (Lipinski definition) is 1. The Morgan fingerprint density at radius 1 is 1.21 bits per heavy atom. The first kappa shape index (κ1) is 13.5. The van der Waals surface area contributed by atoms with Gasteiger partial charge < -0.3 is 5.11 Å². The van der Waals surface area contributed by atoms with Gasteiger partial charge in [-0.2, -0.15) is 13.2 Å². The number of nitrogens with zero attached hydrogens (tertiary/aromatic N) is 2. The lowest BCUT2D eigenvalue weighted by atomic mass is 10.0. The zero-order chi connectivity index (χ0) is 14.0. The Bertz CT molecular complexity index is 584. The van der Waals surface area contributed by atoms with Gasteiger partial charge in [-0.15, -0.1) is 0 Å². The van der Waals surface area contributed by atoms with Crippen LogP contribution in [0.4, 0.5) is 13.2 Å². The Balaban J connectivity index is 2.37. The van der Waals surface area contributed by atoms with E-state index in [1.54, 1.807) is 6.92 Å². The van der Waals surface area contributed by atoms with Crippen LogP contribution in [0.2, 0.25) is 0 Å². The van der Waals surface area contributed by atoms with Crippen molar-refractivity contribution in [3.63, 3.8) is 0 Å². The fraction of sp³-hybridized carbons (Fsp3) is 0.231. The SMILES string of the molecule is Cc1nccc(C(O)c2cccc(C(F)(F)F)c2)n1. The van der Waals surface area contributed by atoms with Crippen LogP contribution in [-0.4, -0.2) is 15.1 Å². The minimum absolute atomic E-state index is 0.146. The Labute approximate surface area is 107 Å². The van der Waals surface area contributed by atoms with Gasteiger partial charge in [0.25, 0.3) is 0 Å². The normalized spacial score (nSPS) is 13.3. The molecule has 1 unspecified atom stereocenters. The van der Waals surface area contributed by atoms with Crippen LogP contribution in [0.25, 0.3) is 0 Å². The number of aryl methyl sites for hydroxylation is 1. The van der Waals surface area contributed by atoms with Gasteiger partial charge in [-0.3, -0.25) is 0 Å². The van der Waals surface area contributed by atoms with Crippen LogP contribution in [0.5, 0.6) is 0 Å². The molecule has 0 spiro atoms. The van der Waals surface area contributed by atoms with Gasteiger partial charge in [0.15, 0.2) is 0 Å². The lowest BCUT2D eigenvalue weighted by molar-refractivity contribution is -0.137. The van der Waals surface area contributed by atoms with E-state index in [0.717, 1.165) is 12.1 Å². The summed E-state index contributed by atoms with van der Waals surface area (Å²) in [7, 11) is 0.